The molecule has 0 radical (unpaired) electrons. The molecule has 0 saturated carbocycles. The average molecular weight is 303 g/mol. The van der Waals surface area contributed by atoms with Gasteiger partial charge in [-0.15, -0.1) is 0 Å². The zero-order valence-electron chi connectivity index (χ0n) is 11.1. The van der Waals surface area contributed by atoms with E-state index in [1.54, 1.807) is 37.4 Å². The lowest BCUT2D eigenvalue weighted by molar-refractivity contribution is 0.103. The summed E-state index contributed by atoms with van der Waals surface area (Å²) < 4.78 is 6.46. The van der Waals surface area contributed by atoms with Gasteiger partial charge in [0.25, 0.3) is 0 Å². The third-order valence-electron chi connectivity index (χ3n) is 3.32. The number of ketones is 1. The van der Waals surface area contributed by atoms with Crippen LogP contribution in [0.5, 0.6) is 0 Å². The number of nitrogens with two attached hydrogens (primary N) is 1. The molecule has 0 atom stereocenters. The zero-order chi connectivity index (χ0) is 15.1. The maximum absolute atomic E-state index is 12.4. The topological polar surface area (TPSA) is 78.2 Å². The van der Waals surface area contributed by atoms with Crippen LogP contribution < -0.4 is 11.5 Å². The van der Waals surface area contributed by atoms with E-state index in [2.05, 4.69) is 0 Å². The number of rotatable bonds is 2. The Morgan fingerprint density at radius 2 is 1.86 bits per heavy atom. The second-order valence-corrected chi connectivity index (χ2v) is 5.08. The fraction of sp³-hybridized carbons (Fsp3) is 0.0667. The molecule has 3 rings (SSSR count). The molecule has 0 saturated heterocycles. The molecule has 1 aromatic heterocycles. The van der Waals surface area contributed by atoms with Crippen molar-refractivity contribution in [1.29, 1.82) is 0 Å². The number of hydrogen-bond donors (Lipinski definition) is 1. The van der Waals surface area contributed by atoms with Gasteiger partial charge >= 0.3 is 5.76 Å². The molecule has 0 amide bonds. The molecule has 0 fully saturated rings. The number of carbonyl (C=O) groups is 1. The Hall–Kier alpha value is -2.53. The number of aromatic nitrogens is 1. The Kier molecular flexibility index (Phi) is 3.07. The summed E-state index contributed by atoms with van der Waals surface area (Å²) in [4.78, 5) is 23.9. The highest BCUT2D eigenvalue weighted by molar-refractivity contribution is 6.33. The van der Waals surface area contributed by atoms with Crippen molar-refractivity contribution in [2.45, 2.75) is 0 Å². The van der Waals surface area contributed by atoms with E-state index in [1.165, 1.54) is 10.6 Å². The Morgan fingerprint density at radius 1 is 1.19 bits per heavy atom. The first-order chi connectivity index (χ1) is 9.97. The van der Waals surface area contributed by atoms with Crippen molar-refractivity contribution in [3.8, 4) is 0 Å². The number of carbonyl (C=O) groups excluding carboxylic acids is 1. The fourth-order valence-corrected chi connectivity index (χ4v) is 2.29. The molecule has 0 spiro atoms. The number of oxazole rings is 1. The molecular weight excluding hydrogens is 292 g/mol. The summed E-state index contributed by atoms with van der Waals surface area (Å²) in [6.45, 7) is 0. The molecule has 0 aliphatic carbocycles. The molecule has 0 bridgehead atoms. The van der Waals surface area contributed by atoms with Crippen LogP contribution in [-0.4, -0.2) is 10.4 Å². The summed E-state index contributed by atoms with van der Waals surface area (Å²) in [7, 11) is 1.61. The van der Waals surface area contributed by atoms with Crippen LogP contribution in [0, 0.1) is 0 Å². The van der Waals surface area contributed by atoms with Crippen molar-refractivity contribution in [2.75, 3.05) is 5.73 Å². The lowest BCUT2D eigenvalue weighted by atomic mass is 10.0. The SMILES string of the molecule is Cn1c(=O)oc2cc(C(=O)c3ccc(N)c(Cl)c3)ccc21. The van der Waals surface area contributed by atoms with Gasteiger partial charge < -0.3 is 10.2 Å². The second kappa shape index (κ2) is 4.79. The minimum Gasteiger partial charge on any atom is -0.408 e. The number of fused-ring (bicyclic) bond motifs is 1. The van der Waals surface area contributed by atoms with Crippen molar-refractivity contribution in [2.24, 2.45) is 7.05 Å². The third-order valence-corrected chi connectivity index (χ3v) is 3.64. The van der Waals surface area contributed by atoms with Crippen LogP contribution >= 0.6 is 11.6 Å². The Bertz CT molecular complexity index is 924. The van der Waals surface area contributed by atoms with E-state index in [4.69, 9.17) is 21.8 Å². The molecule has 21 heavy (non-hydrogen) atoms. The third kappa shape index (κ3) is 2.21. The van der Waals surface area contributed by atoms with Gasteiger partial charge in [-0.3, -0.25) is 9.36 Å². The highest BCUT2D eigenvalue weighted by atomic mass is 35.5. The van der Waals surface area contributed by atoms with Gasteiger partial charge in [0.2, 0.25) is 0 Å². The zero-order valence-corrected chi connectivity index (χ0v) is 11.8. The molecule has 2 N–H and O–H groups in total. The number of anilines is 1. The second-order valence-electron chi connectivity index (χ2n) is 4.67. The molecule has 1 heterocycles. The highest BCUT2D eigenvalue weighted by Gasteiger charge is 2.13. The predicted molar refractivity (Wildman–Crippen MR) is 80.8 cm³/mol. The van der Waals surface area contributed by atoms with Crippen molar-refractivity contribution >= 4 is 34.2 Å². The van der Waals surface area contributed by atoms with E-state index in [9.17, 15) is 9.59 Å². The van der Waals surface area contributed by atoms with Crippen molar-refractivity contribution in [3.05, 3.63) is 63.1 Å². The predicted octanol–water partition coefficient (Wildman–Crippen LogP) is 2.60. The summed E-state index contributed by atoms with van der Waals surface area (Å²) >= 11 is 5.92. The standard InChI is InChI=1S/C15H11ClN2O3/c1-18-12-5-3-9(7-13(12)21-15(18)20)14(19)8-2-4-11(17)10(16)6-8/h2-7H,17H2,1H3. The molecule has 0 aliphatic rings. The first-order valence-corrected chi connectivity index (χ1v) is 6.54. The lowest BCUT2D eigenvalue weighted by Gasteiger charge is -2.04. The van der Waals surface area contributed by atoms with E-state index in [-0.39, 0.29) is 5.78 Å². The first-order valence-electron chi connectivity index (χ1n) is 6.16. The van der Waals surface area contributed by atoms with Gasteiger partial charge in [0.15, 0.2) is 11.4 Å². The minimum atomic E-state index is -0.467. The van der Waals surface area contributed by atoms with Crippen LogP contribution in [0.4, 0.5) is 5.69 Å². The van der Waals surface area contributed by atoms with Gasteiger partial charge in [-0.2, -0.15) is 0 Å². The van der Waals surface area contributed by atoms with Crippen LogP contribution in [0.25, 0.3) is 11.1 Å². The number of nitrogens with zero attached hydrogens (tertiary/aromatic N) is 1. The molecule has 2 aromatic carbocycles. The lowest BCUT2D eigenvalue weighted by Crippen LogP contribution is -2.08. The quantitative estimate of drug-likeness (QED) is 0.583. The van der Waals surface area contributed by atoms with Gasteiger partial charge in [-0.25, -0.2) is 4.79 Å². The molecule has 106 valence electrons. The minimum absolute atomic E-state index is 0.217. The van der Waals surface area contributed by atoms with Gasteiger partial charge in [0.05, 0.1) is 16.2 Å². The van der Waals surface area contributed by atoms with Gasteiger partial charge in [-0.05, 0) is 36.4 Å². The van der Waals surface area contributed by atoms with Gasteiger partial charge in [-0.1, -0.05) is 11.6 Å². The Balaban J connectivity index is 2.09. The Labute approximate surface area is 124 Å². The summed E-state index contributed by atoms with van der Waals surface area (Å²) in [5.41, 5.74) is 7.88. The van der Waals surface area contributed by atoms with Gasteiger partial charge in [0.1, 0.15) is 0 Å². The Morgan fingerprint density at radius 3 is 2.57 bits per heavy atom. The molecule has 0 unspecified atom stereocenters. The molecule has 5 nitrogen and oxygen atoms in total. The van der Waals surface area contributed by atoms with E-state index in [0.29, 0.717) is 32.9 Å². The summed E-state index contributed by atoms with van der Waals surface area (Å²) in [6.07, 6.45) is 0. The number of benzene rings is 2. The van der Waals surface area contributed by atoms with E-state index in [1.807, 2.05) is 0 Å². The fourth-order valence-electron chi connectivity index (χ4n) is 2.11. The van der Waals surface area contributed by atoms with E-state index >= 15 is 0 Å². The van der Waals surface area contributed by atoms with Crippen molar-refractivity contribution in [3.63, 3.8) is 0 Å². The van der Waals surface area contributed by atoms with Crippen molar-refractivity contribution in [1.82, 2.24) is 4.57 Å². The molecule has 6 heteroatoms. The van der Waals surface area contributed by atoms with Crippen LogP contribution in [0.3, 0.4) is 0 Å². The highest BCUT2D eigenvalue weighted by Crippen LogP contribution is 2.22. The number of hydrogen-bond acceptors (Lipinski definition) is 4. The summed E-state index contributed by atoms with van der Waals surface area (Å²) in [5, 5.41) is 0.327. The van der Waals surface area contributed by atoms with Crippen LogP contribution in [0.15, 0.2) is 45.6 Å². The maximum atomic E-state index is 12.4. The number of halogens is 1. The summed E-state index contributed by atoms with van der Waals surface area (Å²) in [5.74, 6) is -0.685. The molecular formula is C15H11ClN2O3. The molecule has 3 aromatic rings. The number of nitrogen functional groups attached to an aromatic ring is 1. The van der Waals surface area contributed by atoms with Crippen LogP contribution in [-0.2, 0) is 7.05 Å². The van der Waals surface area contributed by atoms with Crippen LogP contribution in [0.2, 0.25) is 5.02 Å². The van der Waals surface area contributed by atoms with Crippen LogP contribution in [0.1, 0.15) is 15.9 Å². The smallest absolute Gasteiger partial charge is 0.408 e. The molecule has 0 aliphatic heterocycles. The number of aryl methyl sites for hydroxylation is 1. The van der Waals surface area contributed by atoms with E-state index in [0.717, 1.165) is 0 Å². The first kappa shape index (κ1) is 13.5. The normalized spacial score (nSPS) is 11.0. The largest absolute Gasteiger partial charge is 0.419 e. The summed E-state index contributed by atoms with van der Waals surface area (Å²) in [6, 6.07) is 9.57. The maximum Gasteiger partial charge on any atom is 0.419 e. The van der Waals surface area contributed by atoms with Crippen molar-refractivity contribution < 1.29 is 9.21 Å². The van der Waals surface area contributed by atoms with E-state index < -0.39 is 5.76 Å². The average Bonchev–Trinajstić information content (AvgIpc) is 2.76. The van der Waals surface area contributed by atoms with Gasteiger partial charge in [0, 0.05) is 18.2 Å². The monoisotopic (exact) mass is 302 g/mol.